The first-order chi connectivity index (χ1) is 63.0. The van der Waals surface area contributed by atoms with Crippen LogP contribution in [0.15, 0.2) is 286 Å². The summed E-state index contributed by atoms with van der Waals surface area (Å²) in [4.78, 5) is 28.7. The van der Waals surface area contributed by atoms with Crippen LogP contribution in [-0.2, 0) is 173 Å². The maximum atomic E-state index is 14.8. The van der Waals surface area contributed by atoms with E-state index in [0.29, 0.717) is 0 Å². The topological polar surface area (TPSA) is 249 Å². The molecule has 686 valence electrons. The summed E-state index contributed by atoms with van der Waals surface area (Å²) in [7, 11) is 0. The second-order valence-corrected chi connectivity index (χ2v) is 33.8. The molecule has 6 saturated heterocycles. The fraction of sp³-hybridized carbons (Fsp3) is 0.442. The van der Waals surface area contributed by atoms with E-state index in [1.165, 1.54) is 13.8 Å². The van der Waals surface area contributed by atoms with E-state index in [1.54, 1.807) is 19.9 Å². The molecule has 129 heavy (non-hydrogen) atoms. The van der Waals surface area contributed by atoms with Gasteiger partial charge in [-0.25, -0.2) is 0 Å². The summed E-state index contributed by atoms with van der Waals surface area (Å²) in [6, 6.07) is 86.9. The highest BCUT2D eigenvalue weighted by Gasteiger charge is 2.61. The number of rotatable bonds is 42. The smallest absolute Gasteiger partial charge is 0.303 e. The summed E-state index contributed by atoms with van der Waals surface area (Å²) in [5, 5.41) is 3.22. The molecule has 25 heteroatoms. The molecule has 25 atom stereocenters. The van der Waals surface area contributed by atoms with Gasteiger partial charge in [0.2, 0.25) is 5.91 Å². The molecule has 0 radical (unpaired) electrons. The minimum absolute atomic E-state index is 0.0219. The van der Waals surface area contributed by atoms with Crippen molar-refractivity contribution in [2.45, 2.75) is 261 Å². The van der Waals surface area contributed by atoms with Crippen LogP contribution < -0.4 is 5.32 Å². The van der Waals surface area contributed by atoms with Crippen LogP contribution in [0.4, 0.5) is 0 Å². The first-order valence-electron chi connectivity index (χ1n) is 44.7. The van der Waals surface area contributed by atoms with Crippen molar-refractivity contribution in [3.05, 3.63) is 336 Å². The van der Waals surface area contributed by atoms with Crippen LogP contribution in [-0.4, -0.2) is 191 Å². The zero-order chi connectivity index (χ0) is 89.3. The number of benzene rings is 9. The number of esters is 1. The molecule has 0 unspecified atom stereocenters. The van der Waals surface area contributed by atoms with Crippen molar-refractivity contribution >= 4 is 11.9 Å². The molecule has 6 aliphatic heterocycles. The van der Waals surface area contributed by atoms with E-state index >= 15 is 0 Å². The molecular formula is C104H121NO24. The van der Waals surface area contributed by atoms with Crippen LogP contribution in [0.3, 0.4) is 0 Å². The maximum absolute atomic E-state index is 14.8. The van der Waals surface area contributed by atoms with Crippen molar-refractivity contribution in [1.82, 2.24) is 5.32 Å². The third-order valence-corrected chi connectivity index (χ3v) is 23.7. The van der Waals surface area contributed by atoms with Gasteiger partial charge in [-0.1, -0.05) is 279 Å². The van der Waals surface area contributed by atoms with Crippen molar-refractivity contribution < 1.29 is 114 Å². The van der Waals surface area contributed by atoms with Crippen LogP contribution >= 0.6 is 0 Å². The number of carbonyl (C=O) groups excluding carboxylic acids is 2. The van der Waals surface area contributed by atoms with E-state index in [1.807, 2.05) is 294 Å². The molecule has 9 aromatic rings. The van der Waals surface area contributed by atoms with Crippen LogP contribution in [0.2, 0.25) is 0 Å². The van der Waals surface area contributed by atoms with Gasteiger partial charge >= 0.3 is 5.97 Å². The Labute approximate surface area is 756 Å². The molecule has 6 heterocycles. The quantitative estimate of drug-likeness (QED) is 0.0276. The second kappa shape index (κ2) is 47.3. The molecule has 0 spiro atoms. The van der Waals surface area contributed by atoms with Gasteiger partial charge in [0.1, 0.15) is 85.4 Å². The van der Waals surface area contributed by atoms with Gasteiger partial charge in [-0.15, -0.1) is 6.58 Å². The number of hydrogen-bond acceptors (Lipinski definition) is 24. The van der Waals surface area contributed by atoms with Crippen molar-refractivity contribution in [3.63, 3.8) is 0 Å². The van der Waals surface area contributed by atoms with Gasteiger partial charge in [0.25, 0.3) is 0 Å². The van der Waals surface area contributed by atoms with E-state index in [9.17, 15) is 9.59 Å². The zero-order valence-electron chi connectivity index (χ0n) is 74.2. The third kappa shape index (κ3) is 26.2. The predicted molar refractivity (Wildman–Crippen MR) is 475 cm³/mol. The fourth-order valence-corrected chi connectivity index (χ4v) is 17.4. The molecule has 0 bridgehead atoms. The summed E-state index contributed by atoms with van der Waals surface area (Å²) in [6.45, 7) is 17.1. The average Bonchev–Trinajstić information content (AvgIpc) is 0.748. The van der Waals surface area contributed by atoms with Gasteiger partial charge in [0.05, 0.1) is 110 Å². The first-order valence-corrected chi connectivity index (χ1v) is 44.7. The van der Waals surface area contributed by atoms with Gasteiger partial charge in [-0.05, 0) is 84.7 Å². The molecule has 0 saturated carbocycles. The summed E-state index contributed by atoms with van der Waals surface area (Å²) >= 11 is 0. The molecule has 1 N–H and O–H groups in total. The minimum Gasteiger partial charge on any atom is -0.454 e. The lowest BCUT2D eigenvalue weighted by atomic mass is 9.89. The standard InChI is InChI=1S/C104H121NO24/c1-9-55-110-100-89(82(65-108-56-73-37-19-10-20-38-73)86(68(2)119-100)111-58-75-41-23-12-24-42-75)125-103-98(128-99-85(105-71(5)106)92(91-84(123-99)67-118-104(7,8)129-91)126-102-97(122-72(6)107)93(115-62-79-49-31-16-32-50-79)87(69(3)120-102)112-59-76-43-25-13-26-44-76)95(88(70(4)121-103)113-60-77-45-27-14-28-46-77)127-101-96(117-64-81-53-35-18-36-54-81)94(116-63-80-51-33-17-34-52-80)90(114-61-78-47-29-15-30-48-78)83(124-101)66-109-57-74-39-21-11-22-40-74/h9-54,68-70,82-103H,1,55-67H2,2-8H3,(H,105,106)/t68-,69-,70-,82+,83-,84+,85+,86-,87-,88-,89+,90-,91+,92+,93+,94+,95+,96+,97+,98+,99-,100+,101-,102-,103-/m0/s1. The summed E-state index contributed by atoms with van der Waals surface area (Å²) in [5.41, 5.74) is 7.92. The lowest BCUT2D eigenvalue weighted by molar-refractivity contribution is -0.422. The summed E-state index contributed by atoms with van der Waals surface area (Å²) in [5.74, 6) is -3.19. The van der Waals surface area contributed by atoms with Crippen LogP contribution in [0, 0.1) is 5.92 Å². The molecule has 6 fully saturated rings. The Kier molecular flexibility index (Phi) is 34.6. The van der Waals surface area contributed by atoms with Gasteiger partial charge in [-0.3, -0.25) is 9.59 Å². The fourth-order valence-electron chi connectivity index (χ4n) is 17.4. The monoisotopic (exact) mass is 1770 g/mol. The highest BCUT2D eigenvalue weighted by Crippen LogP contribution is 2.44. The SMILES string of the molecule is C=CCO[C@@H]1O[C@@H](C)[C@H](OCc2ccccc2)[C@@H](COCc2ccccc2)[C@H]1O[C@@H]1O[C@@H](C)[C@H](OCc2ccccc2)[C@@H](O[C@@H]2O[C@@H](COCc3ccccc3)[C@H](OCc3ccccc3)[C@@H](OCc3ccccc3)[C@H]2OCc2ccccc2)[C@H]1O[C@@H]1O[C@@H]2COC(C)(C)O[C@H]2[C@H](O[C@@H]2O[C@@H](C)[C@H](OCc3ccccc3)[C@@H](OCc3ccccc3)[C@H]2OC(C)=O)[C@H]1NC(C)=O. The van der Waals surface area contributed by atoms with Crippen LogP contribution in [0.5, 0.6) is 0 Å². The highest BCUT2D eigenvalue weighted by molar-refractivity contribution is 5.73. The Hall–Kier alpha value is -9.18. The van der Waals surface area contributed by atoms with Crippen LogP contribution in [0.25, 0.3) is 0 Å². The lowest BCUT2D eigenvalue weighted by Gasteiger charge is -2.55. The van der Waals surface area contributed by atoms with Gasteiger partial charge < -0.3 is 110 Å². The lowest BCUT2D eigenvalue weighted by Crippen LogP contribution is -2.72. The number of nitrogens with one attached hydrogen (secondary N) is 1. The van der Waals surface area contributed by atoms with E-state index < -0.39 is 171 Å². The normalized spacial score (nSPS) is 30.3. The summed E-state index contributed by atoms with van der Waals surface area (Å²) in [6.07, 6.45) is -24.9. The Morgan fingerprint density at radius 2 is 0.698 bits per heavy atom. The van der Waals surface area contributed by atoms with E-state index in [0.717, 1.165) is 50.1 Å². The Morgan fingerprint density at radius 3 is 1.13 bits per heavy atom. The number of ether oxygens (including phenoxy) is 22. The molecule has 15 rings (SSSR count). The molecule has 25 nitrogen and oxygen atoms in total. The highest BCUT2D eigenvalue weighted by atomic mass is 16.8. The molecule has 9 aromatic carbocycles. The number of hydrogen-bond donors (Lipinski definition) is 1. The molecule has 0 aliphatic carbocycles. The number of amides is 1. The van der Waals surface area contributed by atoms with Crippen molar-refractivity contribution in [1.29, 1.82) is 0 Å². The summed E-state index contributed by atoms with van der Waals surface area (Å²) < 4.78 is 159. The van der Waals surface area contributed by atoms with Crippen molar-refractivity contribution in [2.24, 2.45) is 5.92 Å². The molecule has 6 aliphatic rings. The van der Waals surface area contributed by atoms with Gasteiger partial charge in [-0.2, -0.15) is 0 Å². The van der Waals surface area contributed by atoms with E-state index in [4.69, 9.17) is 104 Å². The maximum Gasteiger partial charge on any atom is 0.303 e. The largest absolute Gasteiger partial charge is 0.454 e. The molecular weight excluding hydrogens is 1650 g/mol. The van der Waals surface area contributed by atoms with Crippen molar-refractivity contribution in [3.8, 4) is 0 Å². The molecule has 0 aromatic heterocycles. The number of fused-ring (bicyclic) bond motifs is 1. The van der Waals surface area contributed by atoms with Crippen molar-refractivity contribution in [2.75, 3.05) is 26.4 Å². The zero-order valence-corrected chi connectivity index (χ0v) is 74.2. The second-order valence-electron chi connectivity index (χ2n) is 33.8. The third-order valence-electron chi connectivity index (χ3n) is 23.7. The first kappa shape index (κ1) is 94.5. The Bertz CT molecular complexity index is 4780. The van der Waals surface area contributed by atoms with Gasteiger partial charge in [0, 0.05) is 19.8 Å². The minimum atomic E-state index is -1.64. The Balaban J connectivity index is 0.888. The van der Waals surface area contributed by atoms with E-state index in [2.05, 4.69) is 11.9 Å². The Morgan fingerprint density at radius 1 is 0.357 bits per heavy atom. The van der Waals surface area contributed by atoms with Gasteiger partial charge in [0.15, 0.2) is 43.3 Å². The predicted octanol–water partition coefficient (Wildman–Crippen LogP) is 15.1. The number of carbonyl (C=O) groups is 2. The average molecular weight is 1770 g/mol. The molecule has 1 amide bonds. The van der Waals surface area contributed by atoms with Crippen LogP contribution in [0.1, 0.15) is 98.5 Å². The van der Waals surface area contributed by atoms with E-state index in [-0.39, 0.29) is 85.9 Å².